The topological polar surface area (TPSA) is 75.5 Å². The molecular weight excluding hydrogens is 305 g/mol. The number of nitro groups is 1. The van der Waals surface area contributed by atoms with Crippen molar-refractivity contribution in [1.29, 1.82) is 0 Å². The largest absolute Gasteiger partial charge is 0.334 e. The van der Waals surface area contributed by atoms with Crippen LogP contribution in [0.2, 0.25) is 0 Å². The Bertz CT molecular complexity index is 448. The fraction of sp³-hybridized carbons (Fsp3) is 0.417. The minimum Gasteiger partial charge on any atom is -0.334 e. The second-order valence-corrected chi connectivity index (χ2v) is 4.70. The maximum absolute atomic E-state index is 11.9. The molecule has 1 N–H and O–H groups in total. The maximum Gasteiger partial charge on any atom is 0.317 e. The zero-order valence-electron chi connectivity index (χ0n) is 10.7. The van der Waals surface area contributed by atoms with Gasteiger partial charge in [-0.15, -0.1) is 23.2 Å². The summed E-state index contributed by atoms with van der Waals surface area (Å²) < 4.78 is 0. The average molecular weight is 320 g/mol. The summed E-state index contributed by atoms with van der Waals surface area (Å²) in [7, 11) is 0. The van der Waals surface area contributed by atoms with Crippen molar-refractivity contribution in [3.8, 4) is 0 Å². The number of hydrogen-bond donors (Lipinski definition) is 1. The minimum atomic E-state index is -0.467. The summed E-state index contributed by atoms with van der Waals surface area (Å²) in [6.45, 7) is 1.12. The lowest BCUT2D eigenvalue weighted by molar-refractivity contribution is -0.384. The molecule has 1 rings (SSSR count). The van der Waals surface area contributed by atoms with E-state index in [4.69, 9.17) is 23.2 Å². The van der Waals surface area contributed by atoms with Crippen LogP contribution in [0.1, 0.15) is 5.56 Å². The number of urea groups is 1. The van der Waals surface area contributed by atoms with Crippen molar-refractivity contribution >= 4 is 34.9 Å². The zero-order chi connectivity index (χ0) is 15.0. The van der Waals surface area contributed by atoms with Crippen LogP contribution >= 0.6 is 23.2 Å². The van der Waals surface area contributed by atoms with Crippen LogP contribution in [0, 0.1) is 10.1 Å². The smallest absolute Gasteiger partial charge is 0.317 e. The van der Waals surface area contributed by atoms with Gasteiger partial charge in [-0.2, -0.15) is 0 Å². The van der Waals surface area contributed by atoms with Crippen LogP contribution in [0.4, 0.5) is 10.5 Å². The highest BCUT2D eigenvalue weighted by Crippen LogP contribution is 2.11. The molecule has 110 valence electrons. The molecule has 8 heteroatoms. The molecule has 0 radical (unpaired) electrons. The molecule has 2 amide bonds. The van der Waals surface area contributed by atoms with E-state index in [9.17, 15) is 14.9 Å². The highest BCUT2D eigenvalue weighted by molar-refractivity contribution is 6.18. The summed E-state index contributed by atoms with van der Waals surface area (Å²) in [5.74, 6) is 0.670. The van der Waals surface area contributed by atoms with Gasteiger partial charge in [-0.1, -0.05) is 12.1 Å². The van der Waals surface area contributed by atoms with Gasteiger partial charge >= 0.3 is 6.03 Å². The van der Waals surface area contributed by atoms with Crippen LogP contribution in [0.25, 0.3) is 0 Å². The van der Waals surface area contributed by atoms with Crippen LogP contribution in [0.3, 0.4) is 0 Å². The number of amides is 2. The van der Waals surface area contributed by atoms with Crippen LogP contribution in [-0.2, 0) is 6.54 Å². The molecule has 0 atom stereocenters. The van der Waals surface area contributed by atoms with Gasteiger partial charge in [-0.3, -0.25) is 10.1 Å². The highest BCUT2D eigenvalue weighted by Gasteiger charge is 2.12. The molecule has 0 fully saturated rings. The number of halogens is 2. The van der Waals surface area contributed by atoms with Crippen molar-refractivity contribution in [3.05, 3.63) is 39.9 Å². The number of non-ortho nitro benzene ring substituents is 1. The molecule has 0 aliphatic carbocycles. The third-order valence-corrected chi connectivity index (χ3v) is 2.93. The first kappa shape index (κ1) is 16.5. The van der Waals surface area contributed by atoms with Crippen molar-refractivity contribution in [2.75, 3.05) is 24.8 Å². The van der Waals surface area contributed by atoms with Crippen molar-refractivity contribution in [1.82, 2.24) is 10.2 Å². The predicted molar refractivity (Wildman–Crippen MR) is 78.3 cm³/mol. The Hall–Kier alpha value is -1.53. The summed E-state index contributed by atoms with van der Waals surface area (Å²) in [4.78, 5) is 23.4. The van der Waals surface area contributed by atoms with E-state index < -0.39 is 4.92 Å². The molecule has 0 aliphatic rings. The van der Waals surface area contributed by atoms with Gasteiger partial charge in [0.1, 0.15) is 0 Å². The van der Waals surface area contributed by atoms with Gasteiger partial charge in [0.05, 0.1) is 4.92 Å². The lowest BCUT2D eigenvalue weighted by Gasteiger charge is -2.21. The van der Waals surface area contributed by atoms with E-state index in [1.165, 1.54) is 17.0 Å². The summed E-state index contributed by atoms with van der Waals surface area (Å²) in [6.07, 6.45) is 0. The zero-order valence-corrected chi connectivity index (χ0v) is 12.2. The van der Waals surface area contributed by atoms with Gasteiger partial charge in [-0.05, 0) is 5.56 Å². The van der Waals surface area contributed by atoms with Crippen molar-refractivity contribution in [3.63, 3.8) is 0 Å². The molecule has 0 bridgehead atoms. The quantitative estimate of drug-likeness (QED) is 0.477. The number of nitrogens with one attached hydrogen (secondary N) is 1. The fourth-order valence-corrected chi connectivity index (χ4v) is 1.95. The monoisotopic (exact) mass is 319 g/mol. The number of carbonyl (C=O) groups excluding carboxylic acids is 1. The maximum atomic E-state index is 11.9. The molecule has 0 aliphatic heterocycles. The molecule has 6 nitrogen and oxygen atoms in total. The summed E-state index contributed by atoms with van der Waals surface area (Å²) in [5, 5.41) is 13.2. The summed E-state index contributed by atoms with van der Waals surface area (Å²) in [6, 6.07) is 5.75. The fourth-order valence-electron chi connectivity index (χ4n) is 1.54. The number of alkyl halides is 2. The Kier molecular flexibility index (Phi) is 7.11. The molecular formula is C12H15Cl2N3O3. The van der Waals surface area contributed by atoms with E-state index in [-0.39, 0.29) is 18.3 Å². The van der Waals surface area contributed by atoms with Gasteiger partial charge in [0.25, 0.3) is 5.69 Å². The second-order valence-electron chi connectivity index (χ2n) is 3.95. The lowest BCUT2D eigenvalue weighted by Crippen LogP contribution is -2.41. The first-order valence-corrected chi connectivity index (χ1v) is 7.03. The molecule has 0 heterocycles. The Morgan fingerprint density at radius 3 is 2.20 bits per heavy atom. The summed E-state index contributed by atoms with van der Waals surface area (Å²) in [5.41, 5.74) is 0.798. The molecule has 0 aromatic heterocycles. The average Bonchev–Trinajstić information content (AvgIpc) is 2.45. The van der Waals surface area contributed by atoms with E-state index in [2.05, 4.69) is 5.32 Å². The van der Waals surface area contributed by atoms with E-state index >= 15 is 0 Å². The first-order chi connectivity index (χ1) is 9.58. The Labute approximate surface area is 126 Å². The van der Waals surface area contributed by atoms with Gasteiger partial charge in [0.2, 0.25) is 0 Å². The Morgan fingerprint density at radius 2 is 1.75 bits per heavy atom. The van der Waals surface area contributed by atoms with Gasteiger partial charge in [0, 0.05) is 43.5 Å². The Morgan fingerprint density at radius 1 is 1.20 bits per heavy atom. The Balaban J connectivity index is 2.52. The van der Waals surface area contributed by atoms with E-state index in [0.29, 0.717) is 24.8 Å². The number of hydrogen-bond acceptors (Lipinski definition) is 3. The van der Waals surface area contributed by atoms with E-state index in [0.717, 1.165) is 5.56 Å². The molecule has 20 heavy (non-hydrogen) atoms. The number of nitrogens with zero attached hydrogens (tertiary/aromatic N) is 2. The third kappa shape index (κ3) is 5.22. The molecule has 1 aromatic rings. The van der Waals surface area contributed by atoms with Crippen molar-refractivity contribution in [2.24, 2.45) is 0 Å². The minimum absolute atomic E-state index is 0.0194. The highest BCUT2D eigenvalue weighted by atomic mass is 35.5. The predicted octanol–water partition coefficient (Wildman–Crippen LogP) is 2.58. The van der Waals surface area contributed by atoms with Crippen molar-refractivity contribution < 1.29 is 9.72 Å². The molecule has 0 unspecified atom stereocenters. The summed E-state index contributed by atoms with van der Waals surface area (Å²) >= 11 is 11.2. The lowest BCUT2D eigenvalue weighted by atomic mass is 10.2. The van der Waals surface area contributed by atoms with Gasteiger partial charge in [-0.25, -0.2) is 4.79 Å². The molecule has 1 aromatic carbocycles. The molecule has 0 saturated heterocycles. The van der Waals surface area contributed by atoms with Gasteiger partial charge < -0.3 is 10.2 Å². The number of nitro benzene ring substituents is 1. The standard InChI is InChI=1S/C12H15Cl2N3O3/c13-5-7-16(8-6-14)12(18)15-9-10-1-3-11(4-2-10)17(19)20/h1-4H,5-9H2,(H,15,18). The number of rotatable bonds is 7. The SMILES string of the molecule is O=C(NCc1ccc([N+](=O)[O-])cc1)N(CCCl)CCCl. The normalized spacial score (nSPS) is 10.1. The van der Waals surface area contributed by atoms with Crippen LogP contribution in [-0.4, -0.2) is 40.7 Å². The van der Waals surface area contributed by atoms with E-state index in [1.807, 2.05) is 0 Å². The van der Waals surface area contributed by atoms with Crippen molar-refractivity contribution in [2.45, 2.75) is 6.54 Å². The van der Waals surface area contributed by atoms with Gasteiger partial charge in [0.15, 0.2) is 0 Å². The van der Waals surface area contributed by atoms with Crippen LogP contribution in [0.5, 0.6) is 0 Å². The first-order valence-electron chi connectivity index (χ1n) is 5.96. The molecule has 0 spiro atoms. The number of carbonyl (C=O) groups is 1. The molecule has 0 saturated carbocycles. The second kappa shape index (κ2) is 8.60. The van der Waals surface area contributed by atoms with E-state index in [1.54, 1.807) is 12.1 Å². The number of benzene rings is 1. The van der Waals surface area contributed by atoms with Crippen LogP contribution < -0.4 is 5.32 Å². The van der Waals surface area contributed by atoms with Crippen LogP contribution in [0.15, 0.2) is 24.3 Å². The third-order valence-electron chi connectivity index (χ3n) is 2.59.